The van der Waals surface area contributed by atoms with Crippen LogP contribution in [0.15, 0.2) is 24.3 Å². The number of nitrogens with one attached hydrogen (secondary N) is 1. The Morgan fingerprint density at radius 2 is 1.88 bits per heavy atom. The van der Waals surface area contributed by atoms with Crippen LogP contribution in [0.1, 0.15) is 44.6 Å². The van der Waals surface area contributed by atoms with Gasteiger partial charge in [0.1, 0.15) is 5.69 Å². The molecule has 25 heavy (non-hydrogen) atoms. The van der Waals surface area contributed by atoms with Gasteiger partial charge in [-0.2, -0.15) is 0 Å². The molecule has 0 saturated carbocycles. The van der Waals surface area contributed by atoms with Crippen molar-refractivity contribution in [2.45, 2.75) is 34.1 Å². The van der Waals surface area contributed by atoms with Crippen LogP contribution in [0, 0.1) is 5.41 Å². The number of carbonyl (C=O) groups is 3. The number of carbonyl (C=O) groups excluding carboxylic acids is 2. The molecule has 2 aromatic rings. The van der Waals surface area contributed by atoms with Crippen LogP contribution in [0.3, 0.4) is 0 Å². The van der Waals surface area contributed by atoms with Crippen molar-refractivity contribution in [2.75, 3.05) is 11.9 Å². The zero-order valence-corrected chi connectivity index (χ0v) is 14.8. The molecule has 1 amide bonds. The molecule has 0 fully saturated rings. The average molecular weight is 346 g/mol. The lowest BCUT2D eigenvalue weighted by molar-refractivity contribution is -0.114. The summed E-state index contributed by atoms with van der Waals surface area (Å²) in [6, 6.07) is 6.18. The topological polar surface area (TPSA) is 97.6 Å². The van der Waals surface area contributed by atoms with E-state index >= 15 is 0 Å². The smallest absolute Gasteiger partial charge is 0.419 e. The van der Waals surface area contributed by atoms with Crippen LogP contribution in [0.4, 0.5) is 10.5 Å². The average Bonchev–Trinajstić information content (AvgIpc) is 2.84. The molecule has 7 heteroatoms. The maximum absolute atomic E-state index is 12.4. The molecule has 0 aliphatic carbocycles. The van der Waals surface area contributed by atoms with Gasteiger partial charge in [-0.1, -0.05) is 20.8 Å². The summed E-state index contributed by atoms with van der Waals surface area (Å²) in [6.45, 7) is 7.66. The molecule has 0 bridgehead atoms. The largest absolute Gasteiger partial charge is 0.477 e. The highest BCUT2D eigenvalue weighted by Gasteiger charge is 2.22. The van der Waals surface area contributed by atoms with Crippen molar-refractivity contribution in [3.05, 3.63) is 30.0 Å². The Morgan fingerprint density at radius 3 is 2.44 bits per heavy atom. The van der Waals surface area contributed by atoms with Crippen molar-refractivity contribution in [2.24, 2.45) is 5.41 Å². The standard InChI is InChI=1S/C18H22N2O5/c1-11(21)19-13-5-6-14-12(9-13)10-15(16(22)23)20(14)17(24)25-8-7-18(2,3)4/h5-6,9-10H,7-8H2,1-4H3,(H,19,21)(H,22,23). The van der Waals surface area contributed by atoms with E-state index in [4.69, 9.17) is 4.74 Å². The zero-order chi connectivity index (χ0) is 18.8. The first-order valence-corrected chi connectivity index (χ1v) is 7.92. The van der Waals surface area contributed by atoms with Crippen LogP contribution >= 0.6 is 0 Å². The number of aromatic nitrogens is 1. The van der Waals surface area contributed by atoms with Gasteiger partial charge in [-0.25, -0.2) is 14.2 Å². The summed E-state index contributed by atoms with van der Waals surface area (Å²) >= 11 is 0. The number of carboxylic acids is 1. The fraction of sp³-hybridized carbons (Fsp3) is 0.389. The molecular weight excluding hydrogens is 324 g/mol. The molecule has 0 saturated heterocycles. The number of amides is 1. The fourth-order valence-corrected chi connectivity index (χ4v) is 2.36. The molecule has 1 heterocycles. The van der Waals surface area contributed by atoms with Gasteiger partial charge < -0.3 is 15.2 Å². The van der Waals surface area contributed by atoms with Gasteiger partial charge in [-0.3, -0.25) is 4.79 Å². The molecule has 0 radical (unpaired) electrons. The zero-order valence-electron chi connectivity index (χ0n) is 14.8. The Kier molecular flexibility index (Phi) is 5.15. The van der Waals surface area contributed by atoms with Gasteiger partial charge in [0.05, 0.1) is 12.1 Å². The first-order valence-electron chi connectivity index (χ1n) is 7.92. The number of fused-ring (bicyclic) bond motifs is 1. The number of aromatic carboxylic acids is 1. The first-order chi connectivity index (χ1) is 11.6. The van der Waals surface area contributed by atoms with E-state index in [1.54, 1.807) is 18.2 Å². The van der Waals surface area contributed by atoms with E-state index in [1.807, 2.05) is 20.8 Å². The summed E-state index contributed by atoms with van der Waals surface area (Å²) in [6.07, 6.45) is -0.0727. The molecule has 1 aromatic heterocycles. The highest BCUT2D eigenvalue weighted by atomic mass is 16.5. The number of hydrogen-bond acceptors (Lipinski definition) is 4. The molecule has 2 rings (SSSR count). The van der Waals surface area contributed by atoms with Gasteiger partial charge in [-0.15, -0.1) is 0 Å². The van der Waals surface area contributed by atoms with E-state index in [-0.39, 0.29) is 23.6 Å². The summed E-state index contributed by atoms with van der Waals surface area (Å²) < 4.78 is 6.29. The Bertz CT molecular complexity index is 830. The lowest BCUT2D eigenvalue weighted by atomic mass is 9.93. The highest BCUT2D eigenvalue weighted by Crippen LogP contribution is 2.25. The van der Waals surface area contributed by atoms with Crippen LogP contribution in [-0.4, -0.2) is 34.3 Å². The van der Waals surface area contributed by atoms with Crippen molar-refractivity contribution < 1.29 is 24.2 Å². The summed E-state index contributed by atoms with van der Waals surface area (Å²) in [4.78, 5) is 35.0. The van der Waals surface area contributed by atoms with Gasteiger partial charge in [0.25, 0.3) is 0 Å². The van der Waals surface area contributed by atoms with Crippen LogP contribution in [-0.2, 0) is 9.53 Å². The molecule has 0 atom stereocenters. The number of anilines is 1. The number of carboxylic acid groups (broad SMARTS) is 1. The lowest BCUT2D eigenvalue weighted by Crippen LogP contribution is -2.21. The second-order valence-corrected chi connectivity index (χ2v) is 7.05. The van der Waals surface area contributed by atoms with Gasteiger partial charge in [-0.05, 0) is 36.1 Å². The summed E-state index contributed by atoms with van der Waals surface area (Å²) in [7, 11) is 0. The third-order valence-electron chi connectivity index (χ3n) is 3.60. The first kappa shape index (κ1) is 18.5. The SMILES string of the molecule is CC(=O)Nc1ccc2c(c1)cc(C(=O)O)n2C(=O)OCCC(C)(C)C. The maximum atomic E-state index is 12.4. The second kappa shape index (κ2) is 6.96. The predicted molar refractivity (Wildman–Crippen MR) is 94.0 cm³/mol. The second-order valence-electron chi connectivity index (χ2n) is 7.05. The Hall–Kier alpha value is -2.83. The van der Waals surface area contributed by atoms with Crippen LogP contribution < -0.4 is 5.32 Å². The maximum Gasteiger partial charge on any atom is 0.419 e. The van der Waals surface area contributed by atoms with Gasteiger partial charge in [0.2, 0.25) is 5.91 Å². The van der Waals surface area contributed by atoms with Crippen molar-refractivity contribution in [1.82, 2.24) is 4.57 Å². The molecule has 7 nitrogen and oxygen atoms in total. The number of nitrogens with zero attached hydrogens (tertiary/aromatic N) is 1. The summed E-state index contributed by atoms with van der Waals surface area (Å²) in [5.41, 5.74) is 0.750. The molecule has 0 unspecified atom stereocenters. The minimum absolute atomic E-state index is 0.00191. The van der Waals surface area contributed by atoms with Crippen LogP contribution in [0.2, 0.25) is 0 Å². The predicted octanol–water partition coefficient (Wildman–Crippen LogP) is 3.72. The summed E-state index contributed by atoms with van der Waals surface area (Å²) in [5, 5.41) is 12.5. The number of ether oxygens (including phenoxy) is 1. The Balaban J connectivity index is 2.36. The highest BCUT2D eigenvalue weighted by molar-refractivity contribution is 6.02. The number of rotatable bonds is 4. The minimum Gasteiger partial charge on any atom is -0.477 e. The van der Waals surface area contributed by atoms with Crippen LogP contribution in [0.25, 0.3) is 10.9 Å². The molecular formula is C18H22N2O5. The number of hydrogen-bond donors (Lipinski definition) is 2. The molecule has 1 aromatic carbocycles. The molecule has 134 valence electrons. The van der Waals surface area contributed by atoms with Gasteiger partial charge in [0, 0.05) is 18.0 Å². The van der Waals surface area contributed by atoms with Crippen molar-refractivity contribution in [3.63, 3.8) is 0 Å². The number of benzene rings is 1. The third kappa shape index (κ3) is 4.59. The van der Waals surface area contributed by atoms with Crippen LogP contribution in [0.5, 0.6) is 0 Å². The lowest BCUT2D eigenvalue weighted by Gasteiger charge is -2.17. The summed E-state index contributed by atoms with van der Waals surface area (Å²) in [5.74, 6) is -1.47. The van der Waals surface area contributed by atoms with E-state index in [9.17, 15) is 19.5 Å². The molecule has 2 N–H and O–H groups in total. The van der Waals surface area contributed by atoms with E-state index in [1.165, 1.54) is 13.0 Å². The van der Waals surface area contributed by atoms with Gasteiger partial charge in [0.15, 0.2) is 0 Å². The molecule has 0 spiro atoms. The van der Waals surface area contributed by atoms with E-state index in [0.717, 1.165) is 4.57 Å². The Morgan fingerprint density at radius 1 is 1.20 bits per heavy atom. The normalized spacial score (nSPS) is 11.4. The quantitative estimate of drug-likeness (QED) is 0.879. The van der Waals surface area contributed by atoms with E-state index in [0.29, 0.717) is 23.0 Å². The monoisotopic (exact) mass is 346 g/mol. The Labute approximate surface area is 145 Å². The fourth-order valence-electron chi connectivity index (χ4n) is 2.36. The minimum atomic E-state index is -1.23. The van der Waals surface area contributed by atoms with Crippen molar-refractivity contribution >= 4 is 34.6 Å². The van der Waals surface area contributed by atoms with Gasteiger partial charge >= 0.3 is 12.1 Å². The van der Waals surface area contributed by atoms with E-state index in [2.05, 4.69) is 5.32 Å². The molecule has 0 aliphatic rings. The third-order valence-corrected chi connectivity index (χ3v) is 3.60. The van der Waals surface area contributed by atoms with Crippen molar-refractivity contribution in [3.8, 4) is 0 Å². The van der Waals surface area contributed by atoms with E-state index < -0.39 is 12.1 Å². The van der Waals surface area contributed by atoms with Crippen molar-refractivity contribution in [1.29, 1.82) is 0 Å². The molecule has 0 aliphatic heterocycles.